The van der Waals surface area contributed by atoms with E-state index in [1.165, 1.54) is 18.4 Å². The Hall–Kier alpha value is -1.47. The fraction of sp³-hybridized carbons (Fsp3) is 0.231. The number of thiophene rings is 1. The van der Waals surface area contributed by atoms with Crippen molar-refractivity contribution in [1.82, 2.24) is 5.32 Å². The number of aryl methyl sites for hydroxylation is 1. The SMILES string of the molecule is CNC(c1sccc1C)c1c(F)c(F)c(F)c(F)c1F. The standard InChI is InChI=1S/C13H10F5NS/c1-5-3-4-20-13(5)12(19-2)6-7(14)9(16)11(18)10(17)8(6)15/h3-4,12,19H,1-2H3. The predicted octanol–water partition coefficient (Wildman–Crippen LogP) is 4.06. The average molecular weight is 307 g/mol. The van der Waals surface area contributed by atoms with Gasteiger partial charge in [-0.15, -0.1) is 11.3 Å². The van der Waals surface area contributed by atoms with Crippen molar-refractivity contribution < 1.29 is 22.0 Å². The number of benzene rings is 1. The van der Waals surface area contributed by atoms with Gasteiger partial charge in [0.15, 0.2) is 23.3 Å². The van der Waals surface area contributed by atoms with Gasteiger partial charge in [-0.25, -0.2) is 22.0 Å². The molecule has 2 rings (SSSR count). The molecule has 1 aromatic heterocycles. The molecule has 7 heteroatoms. The summed E-state index contributed by atoms with van der Waals surface area (Å²) in [5.74, 6) is -9.65. The van der Waals surface area contributed by atoms with Crippen LogP contribution in [0.4, 0.5) is 22.0 Å². The van der Waals surface area contributed by atoms with Gasteiger partial charge in [-0.05, 0) is 31.0 Å². The summed E-state index contributed by atoms with van der Waals surface area (Å²) in [6.45, 7) is 1.70. The number of hydrogen-bond donors (Lipinski definition) is 1. The minimum atomic E-state index is -2.15. The molecule has 0 bridgehead atoms. The highest BCUT2D eigenvalue weighted by Crippen LogP contribution is 2.34. The molecule has 0 saturated heterocycles. The Morgan fingerprint density at radius 1 is 0.950 bits per heavy atom. The van der Waals surface area contributed by atoms with Crippen LogP contribution in [0, 0.1) is 36.0 Å². The van der Waals surface area contributed by atoms with E-state index in [0.717, 1.165) is 0 Å². The number of nitrogens with one attached hydrogen (secondary N) is 1. The Morgan fingerprint density at radius 2 is 1.45 bits per heavy atom. The first-order valence-electron chi connectivity index (χ1n) is 5.62. The van der Waals surface area contributed by atoms with Gasteiger partial charge >= 0.3 is 0 Å². The molecule has 0 aliphatic rings. The highest BCUT2D eigenvalue weighted by atomic mass is 32.1. The smallest absolute Gasteiger partial charge is 0.200 e. The number of halogens is 5. The minimum absolute atomic E-state index is 0.496. The second-order valence-corrected chi connectivity index (χ2v) is 5.12. The van der Waals surface area contributed by atoms with E-state index in [2.05, 4.69) is 5.32 Å². The van der Waals surface area contributed by atoms with Gasteiger partial charge < -0.3 is 5.32 Å². The summed E-state index contributed by atoms with van der Waals surface area (Å²) in [4.78, 5) is 0.496. The van der Waals surface area contributed by atoms with E-state index in [1.54, 1.807) is 18.4 Å². The largest absolute Gasteiger partial charge is 0.308 e. The van der Waals surface area contributed by atoms with E-state index in [-0.39, 0.29) is 0 Å². The normalized spacial score (nSPS) is 12.8. The van der Waals surface area contributed by atoms with Gasteiger partial charge in [0.1, 0.15) is 0 Å². The van der Waals surface area contributed by atoms with Crippen LogP contribution in [0.25, 0.3) is 0 Å². The molecule has 1 aromatic carbocycles. The Kier molecular flexibility index (Phi) is 4.10. The maximum absolute atomic E-state index is 13.8. The predicted molar refractivity (Wildman–Crippen MR) is 66.2 cm³/mol. The van der Waals surface area contributed by atoms with Gasteiger partial charge in [-0.3, -0.25) is 0 Å². The van der Waals surface area contributed by atoms with Gasteiger partial charge in [-0.2, -0.15) is 0 Å². The Bertz CT molecular complexity index is 623. The van der Waals surface area contributed by atoms with E-state index < -0.39 is 40.7 Å². The third-order valence-electron chi connectivity index (χ3n) is 2.99. The Balaban J connectivity index is 2.71. The summed E-state index contributed by atoms with van der Waals surface area (Å²) in [5.41, 5.74) is -0.159. The molecule has 0 aliphatic heterocycles. The van der Waals surface area contributed by atoms with Crippen LogP contribution in [0.2, 0.25) is 0 Å². The first-order valence-corrected chi connectivity index (χ1v) is 6.50. The average Bonchev–Trinajstić information content (AvgIpc) is 2.85. The lowest BCUT2D eigenvalue weighted by Gasteiger charge is -2.18. The molecule has 0 radical (unpaired) electrons. The monoisotopic (exact) mass is 307 g/mol. The van der Waals surface area contributed by atoms with Crippen LogP contribution in [0.3, 0.4) is 0 Å². The van der Waals surface area contributed by atoms with Gasteiger partial charge in [0.25, 0.3) is 0 Å². The fourth-order valence-corrected chi connectivity index (χ4v) is 3.01. The summed E-state index contributed by atoms with van der Waals surface area (Å²) in [7, 11) is 1.39. The zero-order valence-corrected chi connectivity index (χ0v) is 11.3. The summed E-state index contributed by atoms with van der Waals surface area (Å²) >= 11 is 1.18. The van der Waals surface area contributed by atoms with Crippen molar-refractivity contribution in [3.05, 3.63) is 56.5 Å². The first-order chi connectivity index (χ1) is 9.40. The van der Waals surface area contributed by atoms with Crippen LogP contribution in [0.1, 0.15) is 22.0 Å². The lowest BCUT2D eigenvalue weighted by atomic mass is 10.0. The summed E-state index contributed by atoms with van der Waals surface area (Å²) in [5, 5.41) is 4.27. The summed E-state index contributed by atoms with van der Waals surface area (Å²) in [6.07, 6.45) is 0. The molecule has 20 heavy (non-hydrogen) atoms. The Labute approximate surface area is 116 Å². The van der Waals surface area contributed by atoms with E-state index in [9.17, 15) is 22.0 Å². The van der Waals surface area contributed by atoms with Crippen LogP contribution >= 0.6 is 11.3 Å². The van der Waals surface area contributed by atoms with Crippen LogP contribution in [-0.4, -0.2) is 7.05 Å². The quantitative estimate of drug-likeness (QED) is 0.512. The molecule has 0 saturated carbocycles. The topological polar surface area (TPSA) is 12.0 Å². The summed E-state index contributed by atoms with van der Waals surface area (Å²) < 4.78 is 67.2. The molecule has 1 unspecified atom stereocenters. The molecule has 0 fully saturated rings. The van der Waals surface area contributed by atoms with Crippen LogP contribution in [0.15, 0.2) is 11.4 Å². The van der Waals surface area contributed by atoms with Crippen molar-refractivity contribution in [2.24, 2.45) is 0 Å². The van der Waals surface area contributed by atoms with E-state index in [0.29, 0.717) is 10.4 Å². The highest BCUT2D eigenvalue weighted by molar-refractivity contribution is 7.10. The van der Waals surface area contributed by atoms with Gasteiger partial charge in [0, 0.05) is 4.88 Å². The molecular weight excluding hydrogens is 297 g/mol. The zero-order valence-electron chi connectivity index (χ0n) is 10.5. The zero-order chi connectivity index (χ0) is 15.0. The van der Waals surface area contributed by atoms with Crippen molar-refractivity contribution in [2.45, 2.75) is 13.0 Å². The molecule has 0 aliphatic carbocycles. The van der Waals surface area contributed by atoms with E-state index in [1.807, 2.05) is 0 Å². The molecule has 108 valence electrons. The summed E-state index contributed by atoms with van der Waals surface area (Å²) in [6, 6.07) is 0.607. The second-order valence-electron chi connectivity index (χ2n) is 4.17. The lowest BCUT2D eigenvalue weighted by Crippen LogP contribution is -2.22. The van der Waals surface area contributed by atoms with Crippen LogP contribution in [0.5, 0.6) is 0 Å². The maximum atomic E-state index is 13.8. The van der Waals surface area contributed by atoms with Crippen LogP contribution < -0.4 is 5.32 Å². The molecule has 1 atom stereocenters. The number of hydrogen-bond acceptors (Lipinski definition) is 2. The lowest BCUT2D eigenvalue weighted by molar-refractivity contribution is 0.364. The molecule has 1 nitrogen and oxygen atoms in total. The fourth-order valence-electron chi connectivity index (χ4n) is 1.96. The third-order valence-corrected chi connectivity index (χ3v) is 4.07. The van der Waals surface area contributed by atoms with Gasteiger partial charge in [-0.1, -0.05) is 0 Å². The molecule has 1 N–H and O–H groups in total. The molecular formula is C13H10F5NS. The third kappa shape index (κ3) is 2.20. The molecule has 0 amide bonds. The first kappa shape index (κ1) is 14.9. The molecule has 0 spiro atoms. The van der Waals surface area contributed by atoms with Gasteiger partial charge in [0.05, 0.1) is 11.6 Å². The van der Waals surface area contributed by atoms with E-state index >= 15 is 0 Å². The number of rotatable bonds is 3. The van der Waals surface area contributed by atoms with E-state index in [4.69, 9.17) is 0 Å². The van der Waals surface area contributed by atoms with Crippen LogP contribution in [-0.2, 0) is 0 Å². The molecule has 2 aromatic rings. The molecule has 1 heterocycles. The van der Waals surface area contributed by atoms with Gasteiger partial charge in [0.2, 0.25) is 5.82 Å². The van der Waals surface area contributed by atoms with Crippen molar-refractivity contribution >= 4 is 11.3 Å². The Morgan fingerprint density at radius 3 is 1.85 bits per heavy atom. The van der Waals surface area contributed by atoms with Crippen molar-refractivity contribution in [3.8, 4) is 0 Å². The van der Waals surface area contributed by atoms with Crippen molar-refractivity contribution in [2.75, 3.05) is 7.05 Å². The second kappa shape index (κ2) is 5.49. The minimum Gasteiger partial charge on any atom is -0.308 e. The van der Waals surface area contributed by atoms with Crippen molar-refractivity contribution in [3.63, 3.8) is 0 Å². The maximum Gasteiger partial charge on any atom is 0.200 e. The van der Waals surface area contributed by atoms with Crippen molar-refractivity contribution in [1.29, 1.82) is 0 Å². The highest BCUT2D eigenvalue weighted by Gasteiger charge is 2.31.